The summed E-state index contributed by atoms with van der Waals surface area (Å²) < 4.78 is 11.4. The Labute approximate surface area is 175 Å². The van der Waals surface area contributed by atoms with E-state index in [1.165, 1.54) is 11.1 Å². The van der Waals surface area contributed by atoms with E-state index in [1.807, 2.05) is 6.92 Å². The number of nitrogens with one attached hydrogen (secondary N) is 1. The topological polar surface area (TPSA) is 80.2 Å². The predicted molar refractivity (Wildman–Crippen MR) is 113 cm³/mol. The molecule has 0 spiro atoms. The van der Waals surface area contributed by atoms with E-state index >= 15 is 0 Å². The molecule has 0 aromatic heterocycles. The maximum absolute atomic E-state index is 12.1. The highest BCUT2D eigenvalue weighted by Crippen LogP contribution is 2.29. The minimum absolute atomic E-state index is 0.152. The molecule has 0 heterocycles. The van der Waals surface area contributed by atoms with Crippen LogP contribution in [0.5, 0.6) is 11.5 Å². The number of nitrogens with zero attached hydrogens (tertiary/aromatic N) is 2. The Bertz CT molecular complexity index is 899. The zero-order valence-electron chi connectivity index (χ0n) is 16.8. The van der Waals surface area contributed by atoms with E-state index in [-0.39, 0.29) is 5.91 Å². The van der Waals surface area contributed by atoms with E-state index in [9.17, 15) is 9.59 Å². The first-order chi connectivity index (χ1) is 13.8. The summed E-state index contributed by atoms with van der Waals surface area (Å²) in [6.45, 7) is 3.96. The first-order valence-electron chi connectivity index (χ1n) is 9.06. The highest BCUT2D eigenvalue weighted by atomic mass is 35.5. The van der Waals surface area contributed by atoms with Crippen LogP contribution in [0.4, 0.5) is 0 Å². The summed E-state index contributed by atoms with van der Waals surface area (Å²) in [6, 6.07) is 11.9. The van der Waals surface area contributed by atoms with Crippen LogP contribution in [0, 0.1) is 0 Å². The Kier molecular flexibility index (Phi) is 8.03. The second-order valence-corrected chi connectivity index (χ2v) is 6.72. The third-order valence-corrected chi connectivity index (χ3v) is 4.19. The number of likely N-dealkylation sites (N-methyl/N-ethyl adjacent to an activating group) is 1. The monoisotopic (exact) mass is 417 g/mol. The molecule has 7 nitrogen and oxygen atoms in total. The second kappa shape index (κ2) is 10.5. The molecule has 154 valence electrons. The predicted octanol–water partition coefficient (Wildman–Crippen LogP) is 3.36. The van der Waals surface area contributed by atoms with Gasteiger partial charge >= 0.3 is 0 Å². The summed E-state index contributed by atoms with van der Waals surface area (Å²) in [5.41, 5.74) is 3.46. The van der Waals surface area contributed by atoms with E-state index in [0.717, 1.165) is 0 Å². The first kappa shape index (κ1) is 22.2. The average molecular weight is 418 g/mol. The third-order valence-electron chi connectivity index (χ3n) is 3.86. The van der Waals surface area contributed by atoms with Crippen molar-refractivity contribution in [2.24, 2.45) is 5.10 Å². The SMILES string of the molecule is CCOc1cc(/C=N\NC(=O)c2ccccc2Cl)ccc1O[C@@H](C)C(=O)N(C)C. The highest BCUT2D eigenvalue weighted by Gasteiger charge is 2.18. The fourth-order valence-corrected chi connectivity index (χ4v) is 2.67. The van der Waals surface area contributed by atoms with Gasteiger partial charge in [-0.05, 0) is 49.7 Å². The molecule has 8 heteroatoms. The molecule has 0 unspecified atom stereocenters. The van der Waals surface area contributed by atoms with E-state index in [0.29, 0.717) is 34.3 Å². The molecule has 0 aliphatic carbocycles. The lowest BCUT2D eigenvalue weighted by molar-refractivity contribution is -0.135. The molecule has 2 rings (SSSR count). The van der Waals surface area contributed by atoms with Gasteiger partial charge in [-0.15, -0.1) is 0 Å². The quantitative estimate of drug-likeness (QED) is 0.527. The first-order valence-corrected chi connectivity index (χ1v) is 9.43. The van der Waals surface area contributed by atoms with Crippen LogP contribution < -0.4 is 14.9 Å². The molecule has 0 bridgehead atoms. The van der Waals surface area contributed by atoms with Gasteiger partial charge in [0, 0.05) is 14.1 Å². The molecule has 0 aliphatic rings. The van der Waals surface area contributed by atoms with Crippen LogP contribution >= 0.6 is 11.6 Å². The fourth-order valence-electron chi connectivity index (χ4n) is 2.45. The largest absolute Gasteiger partial charge is 0.490 e. The number of carbonyl (C=O) groups is 2. The summed E-state index contributed by atoms with van der Waals surface area (Å²) in [6.07, 6.45) is 0.828. The van der Waals surface area contributed by atoms with Crippen LogP contribution in [-0.2, 0) is 4.79 Å². The van der Waals surface area contributed by atoms with E-state index in [4.69, 9.17) is 21.1 Å². The molecule has 1 N–H and O–H groups in total. The molecule has 1 atom stereocenters. The highest BCUT2D eigenvalue weighted by molar-refractivity contribution is 6.33. The standard InChI is InChI=1S/C21H24ClN3O4/c1-5-28-19-12-15(10-11-18(19)29-14(2)21(27)25(3)4)13-23-24-20(26)16-8-6-7-9-17(16)22/h6-14H,5H2,1-4H3,(H,24,26)/b23-13-/t14-/m0/s1. The van der Waals surface area contributed by atoms with Gasteiger partial charge in [-0.2, -0.15) is 5.10 Å². The van der Waals surface area contributed by atoms with Crippen LogP contribution in [0.25, 0.3) is 0 Å². The lowest BCUT2D eigenvalue weighted by atomic mass is 10.2. The van der Waals surface area contributed by atoms with Crippen LogP contribution in [0.2, 0.25) is 5.02 Å². The van der Waals surface area contributed by atoms with Crippen LogP contribution in [-0.4, -0.2) is 49.7 Å². The molecular weight excluding hydrogens is 394 g/mol. The average Bonchev–Trinajstić information content (AvgIpc) is 2.69. The molecule has 0 aliphatic heterocycles. The number of halogens is 1. The summed E-state index contributed by atoms with van der Waals surface area (Å²) in [7, 11) is 3.34. The van der Waals surface area contributed by atoms with E-state index in [2.05, 4.69) is 10.5 Å². The number of hydrogen-bond acceptors (Lipinski definition) is 5. The van der Waals surface area contributed by atoms with Crippen molar-refractivity contribution < 1.29 is 19.1 Å². The van der Waals surface area contributed by atoms with Gasteiger partial charge in [-0.25, -0.2) is 5.43 Å². The molecule has 2 aromatic rings. The Balaban J connectivity index is 2.11. The van der Waals surface area contributed by atoms with Crippen molar-refractivity contribution in [2.75, 3.05) is 20.7 Å². The van der Waals surface area contributed by atoms with Crippen molar-refractivity contribution >= 4 is 29.6 Å². The van der Waals surface area contributed by atoms with Crippen LogP contribution in [0.15, 0.2) is 47.6 Å². The maximum atomic E-state index is 12.1. The minimum Gasteiger partial charge on any atom is -0.490 e. The van der Waals surface area contributed by atoms with Gasteiger partial charge in [-0.3, -0.25) is 9.59 Å². The molecule has 0 saturated heterocycles. The van der Waals surface area contributed by atoms with Gasteiger partial charge in [0.2, 0.25) is 0 Å². The fraction of sp³-hybridized carbons (Fsp3) is 0.286. The van der Waals surface area contributed by atoms with Crippen molar-refractivity contribution in [3.63, 3.8) is 0 Å². The van der Waals surface area contributed by atoms with Crippen molar-refractivity contribution in [1.29, 1.82) is 0 Å². The number of carbonyl (C=O) groups excluding carboxylic acids is 2. The number of rotatable bonds is 8. The Morgan fingerprint density at radius 1 is 1.21 bits per heavy atom. The summed E-state index contributed by atoms with van der Waals surface area (Å²) >= 11 is 6.00. The lowest BCUT2D eigenvalue weighted by Gasteiger charge is -2.20. The summed E-state index contributed by atoms with van der Waals surface area (Å²) in [5.74, 6) is 0.368. The Morgan fingerprint density at radius 3 is 2.59 bits per heavy atom. The van der Waals surface area contributed by atoms with Gasteiger partial charge < -0.3 is 14.4 Å². The molecule has 2 amide bonds. The van der Waals surface area contributed by atoms with E-state index in [1.54, 1.807) is 63.5 Å². The zero-order valence-corrected chi connectivity index (χ0v) is 17.6. The molecule has 0 saturated carbocycles. The smallest absolute Gasteiger partial charge is 0.272 e. The van der Waals surface area contributed by atoms with E-state index < -0.39 is 12.0 Å². The molecule has 0 radical (unpaired) electrons. The second-order valence-electron chi connectivity index (χ2n) is 6.31. The Hall–Kier alpha value is -3.06. The maximum Gasteiger partial charge on any atom is 0.272 e. The summed E-state index contributed by atoms with van der Waals surface area (Å²) in [5, 5.41) is 4.31. The molecular formula is C21H24ClN3O4. The van der Waals surface area contributed by atoms with Crippen molar-refractivity contribution in [2.45, 2.75) is 20.0 Å². The third kappa shape index (κ3) is 6.22. The van der Waals surface area contributed by atoms with Gasteiger partial charge in [0.1, 0.15) is 0 Å². The van der Waals surface area contributed by atoms with Crippen molar-refractivity contribution in [3.05, 3.63) is 58.6 Å². The van der Waals surface area contributed by atoms with Gasteiger partial charge in [0.05, 0.1) is 23.4 Å². The number of ether oxygens (including phenoxy) is 2. The van der Waals surface area contributed by atoms with Crippen LogP contribution in [0.1, 0.15) is 29.8 Å². The zero-order chi connectivity index (χ0) is 21.4. The number of benzene rings is 2. The van der Waals surface area contributed by atoms with Crippen molar-refractivity contribution in [1.82, 2.24) is 10.3 Å². The number of amides is 2. The lowest BCUT2D eigenvalue weighted by Crippen LogP contribution is -2.35. The van der Waals surface area contributed by atoms with Gasteiger partial charge in [-0.1, -0.05) is 23.7 Å². The molecule has 0 fully saturated rings. The minimum atomic E-state index is -0.654. The molecule has 2 aromatic carbocycles. The van der Waals surface area contributed by atoms with Crippen LogP contribution in [0.3, 0.4) is 0 Å². The number of hydrogen-bond donors (Lipinski definition) is 1. The molecule has 29 heavy (non-hydrogen) atoms. The summed E-state index contributed by atoms with van der Waals surface area (Å²) in [4.78, 5) is 25.6. The Morgan fingerprint density at radius 2 is 1.93 bits per heavy atom. The van der Waals surface area contributed by atoms with Gasteiger partial charge in [0.25, 0.3) is 11.8 Å². The van der Waals surface area contributed by atoms with Gasteiger partial charge in [0.15, 0.2) is 17.6 Å². The van der Waals surface area contributed by atoms with Crippen molar-refractivity contribution in [3.8, 4) is 11.5 Å². The normalized spacial score (nSPS) is 11.8. The number of hydrazone groups is 1.